The van der Waals surface area contributed by atoms with Crippen molar-refractivity contribution in [2.45, 2.75) is 65.0 Å². The van der Waals surface area contributed by atoms with E-state index >= 15 is 0 Å². The number of aryl methyl sites for hydroxylation is 1. The minimum atomic E-state index is 0.191. The molecule has 2 heterocycles. The van der Waals surface area contributed by atoms with E-state index in [1.165, 1.54) is 37.8 Å². The zero-order valence-electron chi connectivity index (χ0n) is 16.5. The third-order valence-corrected chi connectivity index (χ3v) is 5.72. The molecular formula is C20H34N4O2. The summed E-state index contributed by atoms with van der Waals surface area (Å²) in [5, 5.41) is 4.79. The van der Waals surface area contributed by atoms with Gasteiger partial charge < -0.3 is 9.64 Å². The monoisotopic (exact) mass is 362 g/mol. The van der Waals surface area contributed by atoms with Crippen molar-refractivity contribution in [2.75, 3.05) is 39.3 Å². The van der Waals surface area contributed by atoms with Gasteiger partial charge in [0, 0.05) is 51.9 Å². The van der Waals surface area contributed by atoms with Gasteiger partial charge in [-0.05, 0) is 32.3 Å². The van der Waals surface area contributed by atoms with Crippen LogP contribution in [0.25, 0.3) is 0 Å². The first-order chi connectivity index (χ1) is 12.6. The molecule has 1 aromatic rings. The Balaban J connectivity index is 1.32. The highest BCUT2D eigenvalue weighted by molar-refractivity contribution is 5.73. The van der Waals surface area contributed by atoms with Gasteiger partial charge in [0.15, 0.2) is 0 Å². The summed E-state index contributed by atoms with van der Waals surface area (Å²) in [5.41, 5.74) is 2.32. The number of ether oxygens (including phenoxy) is 1. The SMILES string of the molecule is CC(=O)N1CCN(CCCOCc2cc(C)n(C3CCCCC3)n2)CC1. The summed E-state index contributed by atoms with van der Waals surface area (Å²) < 4.78 is 8.09. The molecule has 1 amide bonds. The largest absolute Gasteiger partial charge is 0.375 e. The number of carbonyl (C=O) groups excluding carboxylic acids is 1. The number of hydrogen-bond acceptors (Lipinski definition) is 4. The molecule has 1 aliphatic heterocycles. The Morgan fingerprint density at radius 1 is 1.19 bits per heavy atom. The quantitative estimate of drug-likeness (QED) is 0.700. The van der Waals surface area contributed by atoms with Gasteiger partial charge in [-0.2, -0.15) is 5.10 Å². The molecule has 3 rings (SSSR count). The minimum absolute atomic E-state index is 0.191. The third-order valence-electron chi connectivity index (χ3n) is 5.72. The number of rotatable bonds is 7. The molecule has 0 spiro atoms. The summed E-state index contributed by atoms with van der Waals surface area (Å²) in [6.45, 7) is 9.89. The number of nitrogens with zero attached hydrogens (tertiary/aromatic N) is 4. The van der Waals surface area contributed by atoms with Crippen LogP contribution in [0.3, 0.4) is 0 Å². The topological polar surface area (TPSA) is 50.6 Å². The second-order valence-corrected chi connectivity index (χ2v) is 7.77. The molecule has 2 fully saturated rings. The molecule has 1 saturated carbocycles. The van der Waals surface area contributed by atoms with E-state index in [2.05, 4.69) is 22.6 Å². The lowest BCUT2D eigenvalue weighted by Gasteiger charge is -2.34. The summed E-state index contributed by atoms with van der Waals surface area (Å²) in [4.78, 5) is 15.7. The van der Waals surface area contributed by atoms with Crippen molar-refractivity contribution in [1.82, 2.24) is 19.6 Å². The standard InChI is InChI=1S/C20H34N4O2/c1-17-15-19(21-24(17)20-7-4-3-5-8-20)16-26-14-6-9-22-10-12-23(13-11-22)18(2)25/h15,20H,3-14,16H2,1-2H3. The van der Waals surface area contributed by atoms with Gasteiger partial charge in [0.2, 0.25) is 5.91 Å². The molecular weight excluding hydrogens is 328 g/mol. The van der Waals surface area contributed by atoms with Crippen LogP contribution in [0, 0.1) is 6.92 Å². The maximum Gasteiger partial charge on any atom is 0.219 e. The molecule has 1 aromatic heterocycles. The van der Waals surface area contributed by atoms with Crippen molar-refractivity contribution in [3.63, 3.8) is 0 Å². The molecule has 26 heavy (non-hydrogen) atoms. The molecule has 146 valence electrons. The maximum atomic E-state index is 11.3. The van der Waals surface area contributed by atoms with E-state index in [-0.39, 0.29) is 5.91 Å². The van der Waals surface area contributed by atoms with E-state index in [4.69, 9.17) is 9.84 Å². The van der Waals surface area contributed by atoms with Crippen LogP contribution in [0.1, 0.15) is 62.9 Å². The highest BCUT2D eigenvalue weighted by atomic mass is 16.5. The molecule has 0 radical (unpaired) electrons. The Morgan fingerprint density at radius 2 is 1.92 bits per heavy atom. The average Bonchev–Trinajstić information content (AvgIpc) is 3.03. The Kier molecular flexibility index (Phi) is 7.08. The zero-order chi connectivity index (χ0) is 18.4. The average molecular weight is 363 g/mol. The Hall–Kier alpha value is -1.40. The zero-order valence-corrected chi connectivity index (χ0v) is 16.5. The van der Waals surface area contributed by atoms with E-state index in [1.54, 1.807) is 6.92 Å². The molecule has 0 atom stereocenters. The lowest BCUT2D eigenvalue weighted by Crippen LogP contribution is -2.48. The molecule has 0 aromatic carbocycles. The van der Waals surface area contributed by atoms with E-state index in [0.29, 0.717) is 12.6 Å². The molecule has 0 bridgehead atoms. The first kappa shape index (κ1) is 19.4. The van der Waals surface area contributed by atoms with Crippen LogP contribution < -0.4 is 0 Å². The summed E-state index contributed by atoms with van der Waals surface area (Å²) in [6, 6.07) is 2.77. The first-order valence-electron chi connectivity index (χ1n) is 10.2. The Morgan fingerprint density at radius 3 is 2.62 bits per heavy atom. The van der Waals surface area contributed by atoms with Gasteiger partial charge in [-0.15, -0.1) is 0 Å². The van der Waals surface area contributed by atoms with Crippen molar-refractivity contribution < 1.29 is 9.53 Å². The van der Waals surface area contributed by atoms with Gasteiger partial charge in [-0.3, -0.25) is 14.4 Å². The van der Waals surface area contributed by atoms with Gasteiger partial charge >= 0.3 is 0 Å². The van der Waals surface area contributed by atoms with E-state index in [1.807, 2.05) is 4.90 Å². The van der Waals surface area contributed by atoms with E-state index in [0.717, 1.165) is 51.4 Å². The second kappa shape index (κ2) is 9.51. The molecule has 0 unspecified atom stereocenters. The fourth-order valence-electron chi connectivity index (χ4n) is 4.17. The predicted molar refractivity (Wildman–Crippen MR) is 102 cm³/mol. The van der Waals surface area contributed by atoms with E-state index in [9.17, 15) is 4.79 Å². The molecule has 6 nitrogen and oxygen atoms in total. The summed E-state index contributed by atoms with van der Waals surface area (Å²) >= 11 is 0. The lowest BCUT2D eigenvalue weighted by atomic mass is 9.95. The molecule has 6 heteroatoms. The minimum Gasteiger partial charge on any atom is -0.375 e. The third kappa shape index (κ3) is 5.30. The molecule has 0 N–H and O–H groups in total. The van der Waals surface area contributed by atoms with Crippen molar-refractivity contribution in [3.8, 4) is 0 Å². The fraction of sp³-hybridized carbons (Fsp3) is 0.800. The van der Waals surface area contributed by atoms with Crippen LogP contribution in [0.4, 0.5) is 0 Å². The van der Waals surface area contributed by atoms with Crippen LogP contribution in [0.15, 0.2) is 6.07 Å². The van der Waals surface area contributed by atoms with Crippen LogP contribution in [-0.4, -0.2) is 64.8 Å². The Bertz CT molecular complexity index is 572. The summed E-state index contributed by atoms with van der Waals surface area (Å²) in [5.74, 6) is 0.191. The number of amides is 1. The number of piperazine rings is 1. The van der Waals surface area contributed by atoms with Crippen LogP contribution in [0.5, 0.6) is 0 Å². The van der Waals surface area contributed by atoms with Crippen molar-refractivity contribution in [3.05, 3.63) is 17.5 Å². The predicted octanol–water partition coefficient (Wildman–Crippen LogP) is 2.77. The summed E-state index contributed by atoms with van der Waals surface area (Å²) in [6.07, 6.45) is 7.59. The highest BCUT2D eigenvalue weighted by Gasteiger charge is 2.19. The lowest BCUT2D eigenvalue weighted by molar-refractivity contribution is -0.130. The van der Waals surface area contributed by atoms with E-state index < -0.39 is 0 Å². The number of carbonyl (C=O) groups is 1. The van der Waals surface area contributed by atoms with Crippen LogP contribution in [-0.2, 0) is 16.1 Å². The van der Waals surface area contributed by atoms with Crippen molar-refractivity contribution in [1.29, 1.82) is 0 Å². The van der Waals surface area contributed by atoms with Gasteiger partial charge in [0.1, 0.15) is 0 Å². The highest BCUT2D eigenvalue weighted by Crippen LogP contribution is 2.28. The van der Waals surface area contributed by atoms with Gasteiger partial charge in [0.25, 0.3) is 0 Å². The van der Waals surface area contributed by atoms with Crippen LogP contribution in [0.2, 0.25) is 0 Å². The second-order valence-electron chi connectivity index (χ2n) is 7.77. The van der Waals surface area contributed by atoms with Crippen molar-refractivity contribution in [2.24, 2.45) is 0 Å². The van der Waals surface area contributed by atoms with Crippen LogP contribution >= 0.6 is 0 Å². The molecule has 2 aliphatic rings. The summed E-state index contributed by atoms with van der Waals surface area (Å²) in [7, 11) is 0. The fourth-order valence-corrected chi connectivity index (χ4v) is 4.17. The molecule has 1 aliphatic carbocycles. The normalized spacial score (nSPS) is 19.8. The van der Waals surface area contributed by atoms with Gasteiger partial charge in [-0.25, -0.2) is 0 Å². The number of aromatic nitrogens is 2. The van der Waals surface area contributed by atoms with Gasteiger partial charge in [0.05, 0.1) is 18.3 Å². The van der Waals surface area contributed by atoms with Gasteiger partial charge in [-0.1, -0.05) is 19.3 Å². The maximum absolute atomic E-state index is 11.3. The molecule has 1 saturated heterocycles. The smallest absolute Gasteiger partial charge is 0.219 e. The number of hydrogen-bond donors (Lipinski definition) is 0. The first-order valence-corrected chi connectivity index (χ1v) is 10.2. The van der Waals surface area contributed by atoms with Crippen molar-refractivity contribution >= 4 is 5.91 Å². The Labute approximate surface area is 157 Å².